The Morgan fingerprint density at radius 2 is 1.52 bits per heavy atom. The van der Waals surface area contributed by atoms with Gasteiger partial charge in [0.2, 0.25) is 11.8 Å². The first kappa shape index (κ1) is 33.8. The lowest BCUT2D eigenvalue weighted by molar-refractivity contribution is -0.157. The molecule has 0 bridgehead atoms. The highest BCUT2D eigenvalue weighted by Crippen LogP contribution is 2.34. The number of ether oxygens (including phenoxy) is 3. The lowest BCUT2D eigenvalue weighted by atomic mass is 9.93. The summed E-state index contributed by atoms with van der Waals surface area (Å²) < 4.78 is 18.1. The monoisotopic (exact) mass is 626 g/mol. The van der Waals surface area contributed by atoms with Gasteiger partial charge in [0.15, 0.2) is 17.3 Å². The molecule has 10 nitrogen and oxygen atoms in total. The first-order valence-electron chi connectivity index (χ1n) is 15.1. The van der Waals surface area contributed by atoms with Gasteiger partial charge in [0.1, 0.15) is 12.1 Å². The normalized spacial score (nSPS) is 11.9. The van der Waals surface area contributed by atoms with Crippen molar-refractivity contribution in [2.24, 2.45) is 0 Å². The molecule has 0 aliphatic carbocycles. The minimum atomic E-state index is -0.943. The van der Waals surface area contributed by atoms with E-state index in [1.165, 1.54) is 19.1 Å². The van der Waals surface area contributed by atoms with E-state index in [-0.39, 0.29) is 19.0 Å². The van der Waals surface area contributed by atoms with Crippen molar-refractivity contribution in [2.75, 3.05) is 26.1 Å². The molecule has 1 unspecified atom stereocenters. The van der Waals surface area contributed by atoms with Crippen LogP contribution in [-0.4, -0.2) is 64.9 Å². The number of anilines is 1. The van der Waals surface area contributed by atoms with Crippen LogP contribution in [0.25, 0.3) is 16.8 Å². The summed E-state index contributed by atoms with van der Waals surface area (Å²) in [6, 6.07) is 23.9. The summed E-state index contributed by atoms with van der Waals surface area (Å²) in [7, 11) is 3.02. The van der Waals surface area contributed by atoms with Gasteiger partial charge in [-0.25, -0.2) is 4.68 Å². The fraction of sp³-hybridized carbons (Fsp3) is 0.333. The highest BCUT2D eigenvalue weighted by molar-refractivity contribution is 5.98. The number of nitrogens with one attached hydrogen (secondary N) is 1. The van der Waals surface area contributed by atoms with Crippen LogP contribution in [0.4, 0.5) is 5.82 Å². The van der Waals surface area contributed by atoms with Crippen LogP contribution in [0, 0.1) is 0 Å². The maximum absolute atomic E-state index is 14.3. The molecule has 4 aromatic rings. The van der Waals surface area contributed by atoms with E-state index in [4.69, 9.17) is 14.2 Å². The third-order valence-electron chi connectivity index (χ3n) is 7.20. The second-order valence-electron chi connectivity index (χ2n) is 12.1. The summed E-state index contributed by atoms with van der Waals surface area (Å²) in [6.07, 6.45) is 1.63. The lowest BCUT2D eigenvalue weighted by Gasteiger charge is -2.31. The highest BCUT2D eigenvalue weighted by Gasteiger charge is 2.33. The average molecular weight is 627 g/mol. The molecular weight excluding hydrogens is 584 g/mol. The first-order chi connectivity index (χ1) is 21.9. The third-order valence-corrected chi connectivity index (χ3v) is 7.20. The number of carbonyl (C=O) groups excluding carboxylic acids is 3. The van der Waals surface area contributed by atoms with Crippen molar-refractivity contribution < 1.29 is 28.6 Å². The minimum absolute atomic E-state index is 0.226. The Morgan fingerprint density at radius 1 is 0.891 bits per heavy atom. The van der Waals surface area contributed by atoms with E-state index in [0.29, 0.717) is 22.9 Å². The van der Waals surface area contributed by atoms with Gasteiger partial charge in [-0.2, -0.15) is 0 Å². The molecule has 0 aliphatic rings. The SMILES string of the molecule is COc1ccc(C(CC(=O)OC(C)(C)C)C(=O)N(CC(=O)Nc2nn(-c3ccccc3)cc2-c2ccccc2)C(C)C)cc1OC. The Kier molecular flexibility index (Phi) is 10.8. The van der Waals surface area contributed by atoms with Gasteiger partial charge in [0.25, 0.3) is 0 Å². The van der Waals surface area contributed by atoms with E-state index < -0.39 is 29.3 Å². The number of methoxy groups -OCH3 is 2. The molecule has 1 N–H and O–H groups in total. The minimum Gasteiger partial charge on any atom is -0.493 e. The molecule has 0 saturated heterocycles. The van der Waals surface area contributed by atoms with Crippen LogP contribution in [0.15, 0.2) is 85.1 Å². The largest absolute Gasteiger partial charge is 0.493 e. The maximum Gasteiger partial charge on any atom is 0.307 e. The number of hydrogen-bond donors (Lipinski definition) is 1. The molecule has 0 aliphatic heterocycles. The predicted molar refractivity (Wildman–Crippen MR) is 177 cm³/mol. The van der Waals surface area contributed by atoms with Crippen molar-refractivity contribution in [3.8, 4) is 28.3 Å². The van der Waals surface area contributed by atoms with Crippen LogP contribution < -0.4 is 14.8 Å². The summed E-state index contributed by atoms with van der Waals surface area (Å²) in [6.45, 7) is 8.69. The number of rotatable bonds is 12. The van der Waals surface area contributed by atoms with Gasteiger partial charge >= 0.3 is 5.97 Å². The molecule has 1 aromatic heterocycles. The summed E-state index contributed by atoms with van der Waals surface area (Å²) in [4.78, 5) is 42.4. The van der Waals surface area contributed by atoms with Gasteiger partial charge < -0.3 is 24.4 Å². The fourth-order valence-corrected chi connectivity index (χ4v) is 5.02. The molecule has 0 spiro atoms. The zero-order valence-corrected chi connectivity index (χ0v) is 27.4. The Labute approximate surface area is 270 Å². The summed E-state index contributed by atoms with van der Waals surface area (Å²) in [5.74, 6) is -1.05. The second kappa shape index (κ2) is 14.8. The average Bonchev–Trinajstić information content (AvgIpc) is 3.45. The van der Waals surface area contributed by atoms with E-state index in [9.17, 15) is 14.4 Å². The van der Waals surface area contributed by atoms with Crippen molar-refractivity contribution in [1.82, 2.24) is 14.7 Å². The number of benzene rings is 3. The Bertz CT molecular complexity index is 1640. The second-order valence-corrected chi connectivity index (χ2v) is 12.1. The molecule has 2 amide bonds. The number of aromatic nitrogens is 2. The molecule has 0 fully saturated rings. The van der Waals surface area contributed by atoms with E-state index in [1.807, 2.05) is 80.7 Å². The van der Waals surface area contributed by atoms with E-state index in [2.05, 4.69) is 10.4 Å². The van der Waals surface area contributed by atoms with Gasteiger partial charge in [0, 0.05) is 17.8 Å². The van der Waals surface area contributed by atoms with Crippen LogP contribution in [0.5, 0.6) is 11.5 Å². The molecule has 1 atom stereocenters. The van der Waals surface area contributed by atoms with Gasteiger partial charge in [-0.05, 0) is 70.0 Å². The van der Waals surface area contributed by atoms with E-state index in [1.54, 1.807) is 43.7 Å². The number of nitrogens with zero attached hydrogens (tertiary/aromatic N) is 3. The maximum atomic E-state index is 14.3. The lowest BCUT2D eigenvalue weighted by Crippen LogP contribution is -2.45. The number of amides is 2. The Morgan fingerprint density at radius 3 is 2.11 bits per heavy atom. The van der Waals surface area contributed by atoms with Crippen molar-refractivity contribution in [3.63, 3.8) is 0 Å². The van der Waals surface area contributed by atoms with Gasteiger partial charge in [-0.1, -0.05) is 54.6 Å². The highest BCUT2D eigenvalue weighted by atomic mass is 16.6. The first-order valence-corrected chi connectivity index (χ1v) is 15.1. The standard InChI is InChI=1S/C36H42N4O6/c1-24(2)39(35(43)28(21-33(42)46-36(3,4)5)26-18-19-30(44-6)31(20-26)45-7)23-32(41)37-34-29(25-14-10-8-11-15-25)22-40(38-34)27-16-12-9-13-17-27/h8-20,22,24,28H,21,23H2,1-7H3,(H,37,38,41). The van der Waals surface area contributed by atoms with Gasteiger partial charge in [-0.15, -0.1) is 5.10 Å². The molecule has 4 rings (SSSR count). The molecule has 46 heavy (non-hydrogen) atoms. The van der Waals surface area contributed by atoms with Crippen LogP contribution in [0.1, 0.15) is 52.5 Å². The molecule has 1 heterocycles. The summed E-state index contributed by atoms with van der Waals surface area (Å²) >= 11 is 0. The summed E-state index contributed by atoms with van der Waals surface area (Å²) in [5, 5.41) is 7.61. The molecule has 0 saturated carbocycles. The zero-order chi connectivity index (χ0) is 33.4. The third kappa shape index (κ3) is 8.53. The fourth-order valence-electron chi connectivity index (χ4n) is 5.02. The van der Waals surface area contributed by atoms with Gasteiger partial charge in [0.05, 0.1) is 32.2 Å². The zero-order valence-electron chi connectivity index (χ0n) is 27.4. The molecule has 3 aromatic carbocycles. The van der Waals surface area contributed by atoms with Crippen molar-refractivity contribution in [1.29, 1.82) is 0 Å². The Hall–Kier alpha value is -5.12. The molecular formula is C36H42N4O6. The van der Waals surface area contributed by atoms with Crippen LogP contribution in [0.2, 0.25) is 0 Å². The van der Waals surface area contributed by atoms with Crippen molar-refractivity contribution >= 4 is 23.6 Å². The molecule has 242 valence electrons. The van der Waals surface area contributed by atoms with Crippen LogP contribution in [0.3, 0.4) is 0 Å². The van der Waals surface area contributed by atoms with Gasteiger partial charge in [-0.3, -0.25) is 14.4 Å². The van der Waals surface area contributed by atoms with Crippen LogP contribution >= 0.6 is 0 Å². The topological polar surface area (TPSA) is 112 Å². The summed E-state index contributed by atoms with van der Waals surface area (Å²) in [5.41, 5.74) is 2.24. The Balaban J connectivity index is 1.64. The number of esters is 1. The molecule has 10 heteroatoms. The van der Waals surface area contributed by atoms with Crippen molar-refractivity contribution in [2.45, 2.75) is 58.6 Å². The van der Waals surface area contributed by atoms with Crippen LogP contribution in [-0.2, 0) is 19.1 Å². The number of para-hydroxylation sites is 1. The van der Waals surface area contributed by atoms with E-state index in [0.717, 1.165) is 16.8 Å². The van der Waals surface area contributed by atoms with E-state index >= 15 is 0 Å². The predicted octanol–water partition coefficient (Wildman–Crippen LogP) is 6.25. The van der Waals surface area contributed by atoms with Crippen molar-refractivity contribution in [3.05, 3.63) is 90.6 Å². The number of hydrogen-bond acceptors (Lipinski definition) is 7. The number of carbonyl (C=O) groups is 3. The quantitative estimate of drug-likeness (QED) is 0.185. The molecule has 0 radical (unpaired) electrons. The smallest absolute Gasteiger partial charge is 0.307 e.